The first-order valence-electron chi connectivity index (χ1n) is 8.40. The average Bonchev–Trinajstić information content (AvgIpc) is 2.68. The molecule has 0 radical (unpaired) electrons. The van der Waals surface area contributed by atoms with E-state index in [9.17, 15) is 14.7 Å². The predicted molar refractivity (Wildman–Crippen MR) is 97.3 cm³/mol. The van der Waals surface area contributed by atoms with Crippen molar-refractivity contribution in [2.75, 3.05) is 18.4 Å². The monoisotopic (exact) mass is 352 g/mol. The van der Waals surface area contributed by atoms with Crippen molar-refractivity contribution in [1.29, 1.82) is 0 Å². The largest absolute Gasteiger partial charge is 0.508 e. The van der Waals surface area contributed by atoms with Crippen molar-refractivity contribution in [3.8, 4) is 17.1 Å². The van der Waals surface area contributed by atoms with E-state index in [1.54, 1.807) is 41.6 Å². The van der Waals surface area contributed by atoms with Crippen LogP contribution in [0.4, 0.5) is 5.69 Å². The molecular weight excluding hydrogens is 332 g/mol. The number of likely N-dealkylation sites (tertiary alicyclic amines) is 1. The summed E-state index contributed by atoms with van der Waals surface area (Å²) >= 11 is 0. The van der Waals surface area contributed by atoms with Crippen molar-refractivity contribution in [1.82, 2.24) is 14.9 Å². The Morgan fingerprint density at radius 3 is 2.54 bits per heavy atom. The number of anilines is 1. The summed E-state index contributed by atoms with van der Waals surface area (Å²) in [6, 6.07) is 6.66. The number of amides is 2. The van der Waals surface area contributed by atoms with E-state index in [1.165, 1.54) is 6.08 Å². The first kappa shape index (κ1) is 17.6. The second kappa shape index (κ2) is 7.77. The van der Waals surface area contributed by atoms with Gasteiger partial charge in [0.05, 0.1) is 18.1 Å². The van der Waals surface area contributed by atoms with Gasteiger partial charge in [0, 0.05) is 24.6 Å². The third-order valence-electron chi connectivity index (χ3n) is 4.38. The van der Waals surface area contributed by atoms with Crippen LogP contribution in [0.3, 0.4) is 0 Å². The summed E-state index contributed by atoms with van der Waals surface area (Å²) in [6.07, 6.45) is 5.62. The van der Waals surface area contributed by atoms with E-state index in [0.717, 1.165) is 0 Å². The Morgan fingerprint density at radius 2 is 1.92 bits per heavy atom. The number of phenols is 1. The van der Waals surface area contributed by atoms with E-state index in [1.807, 2.05) is 0 Å². The summed E-state index contributed by atoms with van der Waals surface area (Å²) < 4.78 is 0. The molecule has 2 N–H and O–H groups in total. The highest BCUT2D eigenvalue weighted by atomic mass is 16.3. The van der Waals surface area contributed by atoms with Crippen LogP contribution in [0.5, 0.6) is 5.75 Å². The second-order valence-electron chi connectivity index (χ2n) is 6.14. The van der Waals surface area contributed by atoms with Crippen LogP contribution in [0, 0.1) is 5.92 Å². The van der Waals surface area contributed by atoms with E-state index in [2.05, 4.69) is 21.9 Å². The molecule has 3 rings (SSSR count). The van der Waals surface area contributed by atoms with Crippen LogP contribution in [0.25, 0.3) is 11.4 Å². The zero-order valence-electron chi connectivity index (χ0n) is 14.3. The van der Waals surface area contributed by atoms with Gasteiger partial charge in [0.2, 0.25) is 11.8 Å². The highest BCUT2D eigenvalue weighted by molar-refractivity contribution is 5.93. The van der Waals surface area contributed by atoms with Crippen molar-refractivity contribution in [3.63, 3.8) is 0 Å². The van der Waals surface area contributed by atoms with Gasteiger partial charge in [0.25, 0.3) is 0 Å². The van der Waals surface area contributed by atoms with Gasteiger partial charge in [-0.05, 0) is 31.1 Å². The molecule has 0 unspecified atom stereocenters. The van der Waals surface area contributed by atoms with Crippen LogP contribution in [0.1, 0.15) is 12.8 Å². The van der Waals surface area contributed by atoms with Crippen molar-refractivity contribution in [2.24, 2.45) is 5.92 Å². The van der Waals surface area contributed by atoms with E-state index >= 15 is 0 Å². The van der Waals surface area contributed by atoms with Gasteiger partial charge >= 0.3 is 0 Å². The lowest BCUT2D eigenvalue weighted by Gasteiger charge is -2.30. The fourth-order valence-corrected chi connectivity index (χ4v) is 2.92. The number of hydrogen-bond acceptors (Lipinski definition) is 5. The quantitative estimate of drug-likeness (QED) is 0.823. The molecule has 0 atom stereocenters. The number of carbonyl (C=O) groups excluding carboxylic acids is 2. The standard InChI is InChI=1S/C19H20N4O3/c1-2-17(25)23-8-6-13(7-9-23)19(26)22-15-11-20-18(21-12-15)14-4-3-5-16(24)10-14/h2-5,10-13,24H,1,6-9H2,(H,22,26). The molecule has 0 bridgehead atoms. The molecule has 7 heteroatoms. The molecule has 1 aromatic carbocycles. The van der Waals surface area contributed by atoms with Gasteiger partial charge in [-0.3, -0.25) is 9.59 Å². The number of benzene rings is 1. The Labute approximate surface area is 151 Å². The predicted octanol–water partition coefficient (Wildman–Crippen LogP) is 2.21. The van der Waals surface area contributed by atoms with Crippen molar-refractivity contribution < 1.29 is 14.7 Å². The number of nitrogens with one attached hydrogen (secondary N) is 1. The van der Waals surface area contributed by atoms with Crippen LogP contribution in [-0.4, -0.2) is 44.9 Å². The number of piperidine rings is 1. The number of aromatic nitrogens is 2. The minimum Gasteiger partial charge on any atom is -0.508 e. The fraction of sp³-hybridized carbons (Fsp3) is 0.263. The summed E-state index contributed by atoms with van der Waals surface area (Å²) in [6.45, 7) is 4.58. The number of aromatic hydroxyl groups is 1. The molecule has 1 fully saturated rings. The molecule has 2 aromatic rings. The minimum absolute atomic E-state index is 0.0931. The number of nitrogens with zero attached hydrogens (tertiary/aromatic N) is 3. The molecule has 7 nitrogen and oxygen atoms in total. The van der Waals surface area contributed by atoms with Crippen molar-refractivity contribution >= 4 is 17.5 Å². The lowest BCUT2D eigenvalue weighted by Crippen LogP contribution is -2.40. The molecule has 0 saturated carbocycles. The van der Waals surface area contributed by atoms with Gasteiger partial charge < -0.3 is 15.3 Å². The summed E-state index contributed by atoms with van der Waals surface area (Å²) in [5.74, 6) is 0.277. The van der Waals surface area contributed by atoms with Crippen LogP contribution in [-0.2, 0) is 9.59 Å². The molecule has 134 valence electrons. The van der Waals surface area contributed by atoms with Gasteiger partial charge in [-0.15, -0.1) is 0 Å². The summed E-state index contributed by atoms with van der Waals surface area (Å²) in [5.41, 5.74) is 1.21. The summed E-state index contributed by atoms with van der Waals surface area (Å²) in [4.78, 5) is 34.1. The smallest absolute Gasteiger partial charge is 0.245 e. The molecule has 0 aliphatic carbocycles. The Bertz CT molecular complexity index is 812. The van der Waals surface area contributed by atoms with Gasteiger partial charge in [-0.25, -0.2) is 9.97 Å². The summed E-state index contributed by atoms with van der Waals surface area (Å²) in [7, 11) is 0. The van der Waals surface area contributed by atoms with E-state index < -0.39 is 0 Å². The lowest BCUT2D eigenvalue weighted by atomic mass is 9.96. The van der Waals surface area contributed by atoms with Gasteiger partial charge in [-0.1, -0.05) is 18.7 Å². The molecule has 0 spiro atoms. The first-order valence-corrected chi connectivity index (χ1v) is 8.40. The number of carbonyl (C=O) groups is 2. The number of phenolic OH excluding ortho intramolecular Hbond substituents is 1. The van der Waals surface area contributed by atoms with Gasteiger partial charge in [0.1, 0.15) is 5.75 Å². The molecule has 26 heavy (non-hydrogen) atoms. The summed E-state index contributed by atoms with van der Waals surface area (Å²) in [5, 5.41) is 12.3. The third kappa shape index (κ3) is 4.05. The first-order chi connectivity index (χ1) is 12.6. The van der Waals surface area contributed by atoms with Gasteiger partial charge in [0.15, 0.2) is 5.82 Å². The topological polar surface area (TPSA) is 95.4 Å². The average molecular weight is 352 g/mol. The zero-order chi connectivity index (χ0) is 18.5. The SMILES string of the molecule is C=CC(=O)N1CCC(C(=O)Nc2cnc(-c3cccc(O)c3)nc2)CC1. The highest BCUT2D eigenvalue weighted by Gasteiger charge is 2.26. The van der Waals surface area contributed by atoms with Crippen LogP contribution < -0.4 is 5.32 Å². The van der Waals surface area contributed by atoms with Crippen LogP contribution in [0.15, 0.2) is 49.3 Å². The highest BCUT2D eigenvalue weighted by Crippen LogP contribution is 2.22. The lowest BCUT2D eigenvalue weighted by molar-refractivity contribution is -0.130. The second-order valence-corrected chi connectivity index (χ2v) is 6.14. The maximum atomic E-state index is 12.4. The number of rotatable bonds is 4. The Kier molecular flexibility index (Phi) is 5.26. The molecule has 2 heterocycles. The normalized spacial score (nSPS) is 14.7. The van der Waals surface area contributed by atoms with Crippen LogP contribution in [0.2, 0.25) is 0 Å². The van der Waals surface area contributed by atoms with E-state index in [0.29, 0.717) is 43.0 Å². The van der Waals surface area contributed by atoms with Crippen molar-refractivity contribution in [3.05, 3.63) is 49.3 Å². The van der Waals surface area contributed by atoms with Crippen LogP contribution >= 0.6 is 0 Å². The molecular formula is C19H20N4O3. The maximum Gasteiger partial charge on any atom is 0.245 e. The molecule has 1 aromatic heterocycles. The molecule has 1 aliphatic rings. The number of hydrogen-bond donors (Lipinski definition) is 2. The molecule has 1 saturated heterocycles. The third-order valence-corrected chi connectivity index (χ3v) is 4.38. The Balaban J connectivity index is 1.58. The minimum atomic E-state index is -0.144. The van der Waals surface area contributed by atoms with E-state index in [4.69, 9.17) is 0 Å². The zero-order valence-corrected chi connectivity index (χ0v) is 14.3. The Hall–Kier alpha value is -3.22. The van der Waals surface area contributed by atoms with E-state index in [-0.39, 0.29) is 23.5 Å². The Morgan fingerprint density at radius 1 is 1.23 bits per heavy atom. The molecule has 1 aliphatic heterocycles. The van der Waals surface area contributed by atoms with Gasteiger partial charge in [-0.2, -0.15) is 0 Å². The fourth-order valence-electron chi connectivity index (χ4n) is 2.92. The molecule has 2 amide bonds. The maximum absolute atomic E-state index is 12.4. The van der Waals surface area contributed by atoms with Crippen molar-refractivity contribution in [2.45, 2.75) is 12.8 Å².